The molecule has 92 valence electrons. The van der Waals surface area contributed by atoms with E-state index in [-0.39, 0.29) is 16.9 Å². The van der Waals surface area contributed by atoms with Gasteiger partial charge in [-0.05, 0) is 13.0 Å². The highest BCUT2D eigenvalue weighted by atomic mass is 32.1. The second kappa shape index (κ2) is 5.58. The van der Waals surface area contributed by atoms with Crippen LogP contribution in [-0.2, 0) is 4.79 Å². The van der Waals surface area contributed by atoms with E-state index in [1.54, 1.807) is 39.5 Å². The Balaban J connectivity index is 2.88. The van der Waals surface area contributed by atoms with Crippen molar-refractivity contribution in [2.45, 2.75) is 13.0 Å². The molecular weight excluding hydrogens is 236 g/mol. The Labute approximate surface area is 106 Å². The fraction of sp³-hybridized carbons (Fsp3) is 0.364. The molecule has 0 aliphatic rings. The third kappa shape index (κ3) is 3.39. The number of likely N-dealkylation sites (N-methyl/N-ethyl adjacent to an activating group) is 1. The summed E-state index contributed by atoms with van der Waals surface area (Å²) >= 11 is 4.93. The molecule has 1 aromatic heterocycles. The average Bonchev–Trinajstić information content (AvgIpc) is 2.28. The maximum absolute atomic E-state index is 11.7. The van der Waals surface area contributed by atoms with Crippen LogP contribution in [0, 0.1) is 0 Å². The van der Waals surface area contributed by atoms with E-state index in [1.165, 1.54) is 4.90 Å². The lowest BCUT2D eigenvalue weighted by atomic mass is 10.2. The van der Waals surface area contributed by atoms with Gasteiger partial charge < -0.3 is 16.0 Å². The second-order valence-corrected chi connectivity index (χ2v) is 4.32. The van der Waals surface area contributed by atoms with Crippen molar-refractivity contribution in [3.8, 4) is 0 Å². The number of pyridine rings is 1. The summed E-state index contributed by atoms with van der Waals surface area (Å²) in [5.41, 5.74) is 6.95. The first-order valence-corrected chi connectivity index (χ1v) is 5.55. The number of aromatic nitrogens is 1. The van der Waals surface area contributed by atoms with E-state index in [9.17, 15) is 4.79 Å². The maximum Gasteiger partial charge on any atom is 0.244 e. The Bertz CT molecular complexity index is 433. The standard InChI is InChI=1S/C11H16N4OS/c1-7(11(16)15(2)3)14-9-6-13-5-4-8(9)10(12)17/h4-7,14H,1-3H3,(H2,12,17). The van der Waals surface area contributed by atoms with E-state index < -0.39 is 0 Å². The summed E-state index contributed by atoms with van der Waals surface area (Å²) < 4.78 is 0. The van der Waals surface area contributed by atoms with Crippen LogP contribution >= 0.6 is 12.2 Å². The Morgan fingerprint density at radius 1 is 1.59 bits per heavy atom. The number of thiocarbonyl (C=S) groups is 1. The molecule has 0 aromatic carbocycles. The number of carbonyl (C=O) groups is 1. The number of amides is 1. The van der Waals surface area contributed by atoms with Gasteiger partial charge in [-0.15, -0.1) is 0 Å². The molecule has 0 bridgehead atoms. The molecule has 0 fully saturated rings. The van der Waals surface area contributed by atoms with Crippen LogP contribution in [0.15, 0.2) is 18.5 Å². The molecule has 0 saturated heterocycles. The number of rotatable bonds is 4. The predicted molar refractivity (Wildman–Crippen MR) is 71.9 cm³/mol. The smallest absolute Gasteiger partial charge is 0.244 e. The van der Waals surface area contributed by atoms with Gasteiger partial charge in [0.25, 0.3) is 0 Å². The van der Waals surface area contributed by atoms with Crippen LogP contribution in [0.2, 0.25) is 0 Å². The van der Waals surface area contributed by atoms with Gasteiger partial charge in [-0.1, -0.05) is 12.2 Å². The summed E-state index contributed by atoms with van der Waals surface area (Å²) in [5.74, 6) is -0.0252. The van der Waals surface area contributed by atoms with Gasteiger partial charge in [-0.3, -0.25) is 9.78 Å². The topological polar surface area (TPSA) is 71.2 Å². The van der Waals surface area contributed by atoms with Gasteiger partial charge >= 0.3 is 0 Å². The summed E-state index contributed by atoms with van der Waals surface area (Å²) in [7, 11) is 3.41. The molecule has 3 N–H and O–H groups in total. The molecule has 0 radical (unpaired) electrons. The van der Waals surface area contributed by atoms with Gasteiger partial charge in [0.05, 0.1) is 11.9 Å². The lowest BCUT2D eigenvalue weighted by Crippen LogP contribution is -2.37. The zero-order valence-electron chi connectivity index (χ0n) is 10.1. The minimum atomic E-state index is -0.359. The van der Waals surface area contributed by atoms with Crippen LogP contribution in [0.4, 0.5) is 5.69 Å². The third-order valence-electron chi connectivity index (χ3n) is 2.27. The number of nitrogens with zero attached hydrogens (tertiary/aromatic N) is 2. The van der Waals surface area contributed by atoms with Gasteiger partial charge in [-0.2, -0.15) is 0 Å². The van der Waals surface area contributed by atoms with Gasteiger partial charge in [-0.25, -0.2) is 0 Å². The summed E-state index contributed by atoms with van der Waals surface area (Å²) in [4.78, 5) is 17.5. The molecule has 1 amide bonds. The molecule has 0 aliphatic heterocycles. The molecule has 1 aromatic rings. The number of hydrogen-bond acceptors (Lipinski definition) is 4. The Kier molecular flexibility index (Phi) is 4.39. The van der Waals surface area contributed by atoms with Crippen LogP contribution in [0.3, 0.4) is 0 Å². The molecule has 0 saturated carbocycles. The molecule has 1 rings (SSSR count). The van der Waals surface area contributed by atoms with Gasteiger partial charge in [0.2, 0.25) is 5.91 Å². The van der Waals surface area contributed by atoms with Gasteiger partial charge in [0, 0.05) is 25.9 Å². The minimum absolute atomic E-state index is 0.0252. The van der Waals surface area contributed by atoms with Crippen LogP contribution in [0.25, 0.3) is 0 Å². The van der Waals surface area contributed by atoms with Crippen molar-refractivity contribution in [2.24, 2.45) is 5.73 Å². The zero-order chi connectivity index (χ0) is 13.0. The quantitative estimate of drug-likeness (QED) is 0.768. The van der Waals surface area contributed by atoms with Crippen molar-refractivity contribution in [2.75, 3.05) is 19.4 Å². The normalized spacial score (nSPS) is 11.7. The van der Waals surface area contributed by atoms with Crippen molar-refractivity contribution < 1.29 is 4.79 Å². The third-order valence-corrected chi connectivity index (χ3v) is 2.49. The molecule has 17 heavy (non-hydrogen) atoms. The lowest BCUT2D eigenvalue weighted by Gasteiger charge is -2.20. The summed E-state index contributed by atoms with van der Waals surface area (Å²) in [6.07, 6.45) is 3.21. The van der Waals surface area contributed by atoms with E-state index in [0.717, 1.165) is 0 Å². The van der Waals surface area contributed by atoms with Crippen molar-refractivity contribution in [1.29, 1.82) is 0 Å². The van der Waals surface area contributed by atoms with E-state index in [2.05, 4.69) is 10.3 Å². The molecule has 1 atom stereocenters. The predicted octanol–water partition coefficient (Wildman–Crippen LogP) is 0.604. The Morgan fingerprint density at radius 2 is 2.24 bits per heavy atom. The summed E-state index contributed by atoms with van der Waals surface area (Å²) in [6, 6.07) is 1.36. The second-order valence-electron chi connectivity index (χ2n) is 3.88. The van der Waals surface area contributed by atoms with Gasteiger partial charge in [0.15, 0.2) is 0 Å². The SMILES string of the molecule is CC(Nc1cnccc1C(N)=S)C(=O)N(C)C. The van der Waals surface area contributed by atoms with Crippen LogP contribution in [0.1, 0.15) is 12.5 Å². The first-order valence-electron chi connectivity index (χ1n) is 5.15. The van der Waals surface area contributed by atoms with Crippen LogP contribution in [-0.4, -0.2) is 40.9 Å². The fourth-order valence-electron chi connectivity index (χ4n) is 1.41. The summed E-state index contributed by atoms with van der Waals surface area (Å²) in [6.45, 7) is 1.78. The molecule has 0 aliphatic carbocycles. The van der Waals surface area contributed by atoms with Crippen LogP contribution < -0.4 is 11.1 Å². The fourth-order valence-corrected chi connectivity index (χ4v) is 1.58. The summed E-state index contributed by atoms with van der Waals surface area (Å²) in [5, 5.41) is 3.05. The zero-order valence-corrected chi connectivity index (χ0v) is 10.9. The van der Waals surface area contributed by atoms with E-state index >= 15 is 0 Å². The van der Waals surface area contributed by atoms with Crippen molar-refractivity contribution >= 4 is 28.8 Å². The van der Waals surface area contributed by atoms with Crippen molar-refractivity contribution in [3.63, 3.8) is 0 Å². The molecule has 6 heteroatoms. The number of hydrogen-bond donors (Lipinski definition) is 2. The van der Waals surface area contributed by atoms with E-state index in [1.807, 2.05) is 0 Å². The lowest BCUT2D eigenvalue weighted by molar-refractivity contribution is -0.129. The monoisotopic (exact) mass is 252 g/mol. The average molecular weight is 252 g/mol. The molecule has 1 unspecified atom stereocenters. The highest BCUT2D eigenvalue weighted by molar-refractivity contribution is 7.80. The van der Waals surface area contributed by atoms with Crippen LogP contribution in [0.5, 0.6) is 0 Å². The van der Waals surface area contributed by atoms with Crippen molar-refractivity contribution in [1.82, 2.24) is 9.88 Å². The first kappa shape index (κ1) is 13.4. The highest BCUT2D eigenvalue weighted by Crippen LogP contribution is 2.14. The van der Waals surface area contributed by atoms with E-state index in [4.69, 9.17) is 18.0 Å². The van der Waals surface area contributed by atoms with Gasteiger partial charge in [0.1, 0.15) is 11.0 Å². The number of nitrogens with one attached hydrogen (secondary N) is 1. The molecule has 1 heterocycles. The number of carbonyl (C=O) groups excluding carboxylic acids is 1. The van der Waals surface area contributed by atoms with Crippen molar-refractivity contribution in [3.05, 3.63) is 24.0 Å². The van der Waals surface area contributed by atoms with E-state index in [0.29, 0.717) is 11.3 Å². The first-order chi connectivity index (χ1) is 7.93. The Hall–Kier alpha value is -1.69. The highest BCUT2D eigenvalue weighted by Gasteiger charge is 2.16. The number of nitrogens with two attached hydrogens (primary N) is 1. The molecule has 0 spiro atoms. The minimum Gasteiger partial charge on any atom is -0.389 e. The number of anilines is 1. The maximum atomic E-state index is 11.7. The molecule has 5 nitrogen and oxygen atoms in total. The Morgan fingerprint density at radius 3 is 2.76 bits per heavy atom. The largest absolute Gasteiger partial charge is 0.389 e. The molecular formula is C11H16N4OS.